The number of benzene rings is 1. The van der Waals surface area contributed by atoms with Crippen molar-refractivity contribution in [2.75, 3.05) is 31.2 Å². The van der Waals surface area contributed by atoms with Crippen LogP contribution in [0.2, 0.25) is 0 Å². The largest absolute Gasteiger partial charge is 0.439 e. The van der Waals surface area contributed by atoms with Crippen molar-refractivity contribution in [1.82, 2.24) is 9.88 Å². The van der Waals surface area contributed by atoms with Crippen molar-refractivity contribution in [2.45, 2.75) is 38.7 Å². The number of nitrogens with zero attached hydrogens (tertiary/aromatic N) is 3. The van der Waals surface area contributed by atoms with Crippen LogP contribution in [0.1, 0.15) is 35.4 Å². The van der Waals surface area contributed by atoms with Gasteiger partial charge >= 0.3 is 12.3 Å². The average molecular weight is 514 g/mol. The molecule has 1 aromatic heterocycles. The third-order valence-corrected chi connectivity index (χ3v) is 6.43. The lowest BCUT2D eigenvalue weighted by molar-refractivity contribution is -0.137. The quantitative estimate of drug-likeness (QED) is 0.569. The third kappa shape index (κ3) is 4.71. The average Bonchev–Trinajstić information content (AvgIpc) is 3.03. The third-order valence-electron chi connectivity index (χ3n) is 5.71. The number of carbonyl (C=O) groups excluding carboxylic acids is 1. The van der Waals surface area contributed by atoms with Gasteiger partial charge in [0.25, 0.3) is 0 Å². The van der Waals surface area contributed by atoms with Crippen LogP contribution in [0.5, 0.6) is 0 Å². The summed E-state index contributed by atoms with van der Waals surface area (Å²) in [4.78, 5) is 21.0. The number of morpholine rings is 1. The Kier molecular flexibility index (Phi) is 6.35. The van der Waals surface area contributed by atoms with Crippen LogP contribution in [0, 0.1) is 6.92 Å². The van der Waals surface area contributed by atoms with Crippen molar-refractivity contribution in [3.63, 3.8) is 0 Å². The lowest BCUT2D eigenvalue weighted by Gasteiger charge is -2.28. The molecule has 0 saturated carbocycles. The zero-order chi connectivity index (χ0) is 23.0. The topological polar surface area (TPSA) is 54.9 Å². The van der Waals surface area contributed by atoms with E-state index in [1.54, 1.807) is 19.9 Å². The van der Waals surface area contributed by atoms with Gasteiger partial charge < -0.3 is 14.4 Å². The first kappa shape index (κ1) is 22.8. The number of pyridine rings is 1. The highest BCUT2D eigenvalue weighted by Gasteiger charge is 2.41. The first-order valence-electron chi connectivity index (χ1n) is 10.3. The molecular formula is C22H23BrF3N3O3. The van der Waals surface area contributed by atoms with Gasteiger partial charge in [-0.05, 0) is 59.6 Å². The van der Waals surface area contributed by atoms with Crippen LogP contribution in [0.4, 0.5) is 23.8 Å². The first-order valence-corrected chi connectivity index (χ1v) is 11.1. The van der Waals surface area contributed by atoms with E-state index in [-0.39, 0.29) is 6.54 Å². The number of aromatic nitrogens is 1. The van der Waals surface area contributed by atoms with E-state index >= 15 is 0 Å². The Morgan fingerprint density at radius 3 is 2.59 bits per heavy atom. The predicted molar refractivity (Wildman–Crippen MR) is 115 cm³/mol. The molecule has 2 aliphatic rings. The molecule has 32 heavy (non-hydrogen) atoms. The molecule has 4 rings (SSSR count). The van der Waals surface area contributed by atoms with Gasteiger partial charge in [0.2, 0.25) is 0 Å². The summed E-state index contributed by atoms with van der Waals surface area (Å²) in [6.45, 7) is 6.25. The molecule has 2 aliphatic heterocycles. The normalized spacial score (nSPS) is 21.8. The van der Waals surface area contributed by atoms with Gasteiger partial charge in [0, 0.05) is 17.6 Å². The van der Waals surface area contributed by atoms with Crippen LogP contribution in [0.3, 0.4) is 0 Å². The van der Waals surface area contributed by atoms with Gasteiger partial charge in [-0.25, -0.2) is 9.78 Å². The lowest BCUT2D eigenvalue weighted by Crippen LogP contribution is -2.37. The number of ether oxygens (including phenoxy) is 2. The van der Waals surface area contributed by atoms with Gasteiger partial charge in [-0.15, -0.1) is 0 Å². The first-order chi connectivity index (χ1) is 15.1. The molecule has 1 amide bonds. The van der Waals surface area contributed by atoms with Crippen molar-refractivity contribution in [3.8, 4) is 0 Å². The number of halogens is 4. The van der Waals surface area contributed by atoms with Gasteiger partial charge in [0.1, 0.15) is 11.9 Å². The second-order valence-corrected chi connectivity index (χ2v) is 8.85. The number of hydrogen-bond donors (Lipinski definition) is 0. The van der Waals surface area contributed by atoms with E-state index in [0.717, 1.165) is 35.5 Å². The summed E-state index contributed by atoms with van der Waals surface area (Å²) in [6.07, 6.45) is -5.85. The molecule has 0 aliphatic carbocycles. The Morgan fingerprint density at radius 1 is 1.19 bits per heavy atom. The molecule has 2 aromatic rings. The number of cyclic esters (lactones) is 1. The molecule has 0 unspecified atom stereocenters. The van der Waals surface area contributed by atoms with E-state index < -0.39 is 30.0 Å². The lowest BCUT2D eigenvalue weighted by atomic mass is 9.98. The minimum Gasteiger partial charge on any atom is -0.439 e. The van der Waals surface area contributed by atoms with E-state index in [1.807, 2.05) is 12.1 Å². The molecule has 0 spiro atoms. The molecule has 3 heterocycles. The monoisotopic (exact) mass is 513 g/mol. The SMILES string of the molecule is Cc1cc([C@H]2OC(=O)N(Cc3nc(N4CCOCC4)ccc3Br)[C@H]2C)cc(C(F)(F)F)c1. The summed E-state index contributed by atoms with van der Waals surface area (Å²) in [6, 6.07) is 7.08. The van der Waals surface area contributed by atoms with Gasteiger partial charge in [-0.1, -0.05) is 11.6 Å². The van der Waals surface area contributed by atoms with Gasteiger partial charge in [0.15, 0.2) is 0 Å². The number of aryl methyl sites for hydroxylation is 1. The summed E-state index contributed by atoms with van der Waals surface area (Å²) < 4.78 is 51.4. The number of amides is 1. The standard InChI is InChI=1S/C22H23BrF3N3O3/c1-13-9-15(11-16(10-13)22(24,25)26)20-14(2)29(21(30)32-20)12-18-17(23)3-4-19(27-18)28-5-7-31-8-6-28/h3-4,9-11,14,20H,5-8,12H2,1-2H3/t14-,20-/m0/s1. The van der Waals surface area contributed by atoms with Gasteiger partial charge in [-0.2, -0.15) is 13.2 Å². The van der Waals surface area contributed by atoms with Gasteiger partial charge in [-0.3, -0.25) is 4.90 Å². The molecular weight excluding hydrogens is 491 g/mol. The Bertz CT molecular complexity index is 1010. The van der Waals surface area contributed by atoms with Crippen molar-refractivity contribution in [1.29, 1.82) is 0 Å². The minimum absolute atomic E-state index is 0.174. The molecule has 2 saturated heterocycles. The Balaban J connectivity index is 1.57. The zero-order valence-electron chi connectivity index (χ0n) is 17.7. The summed E-state index contributed by atoms with van der Waals surface area (Å²) in [5, 5.41) is 0. The molecule has 172 valence electrons. The van der Waals surface area contributed by atoms with Crippen LogP contribution in [0.15, 0.2) is 34.8 Å². The van der Waals surface area contributed by atoms with E-state index in [0.29, 0.717) is 30.0 Å². The van der Waals surface area contributed by atoms with Crippen LogP contribution >= 0.6 is 15.9 Å². The van der Waals surface area contributed by atoms with Crippen LogP contribution < -0.4 is 4.90 Å². The summed E-state index contributed by atoms with van der Waals surface area (Å²) in [5.41, 5.74) is 0.685. The highest BCUT2D eigenvalue weighted by Crippen LogP contribution is 2.38. The second kappa shape index (κ2) is 8.90. The molecule has 1 aromatic carbocycles. The predicted octanol–water partition coefficient (Wildman–Crippen LogP) is 5.09. The van der Waals surface area contributed by atoms with Crippen molar-refractivity contribution in [3.05, 3.63) is 57.2 Å². The zero-order valence-corrected chi connectivity index (χ0v) is 19.2. The molecule has 0 bridgehead atoms. The minimum atomic E-state index is -4.47. The van der Waals surface area contributed by atoms with E-state index in [9.17, 15) is 18.0 Å². The number of alkyl halides is 3. The Morgan fingerprint density at radius 2 is 1.91 bits per heavy atom. The molecule has 6 nitrogen and oxygen atoms in total. The van der Waals surface area contributed by atoms with E-state index in [4.69, 9.17) is 14.5 Å². The fourth-order valence-corrected chi connectivity index (χ4v) is 4.36. The number of rotatable bonds is 4. The highest BCUT2D eigenvalue weighted by molar-refractivity contribution is 9.10. The van der Waals surface area contributed by atoms with E-state index in [1.165, 1.54) is 4.90 Å². The Labute approximate surface area is 192 Å². The number of hydrogen-bond acceptors (Lipinski definition) is 5. The van der Waals surface area contributed by atoms with E-state index in [2.05, 4.69) is 20.8 Å². The van der Waals surface area contributed by atoms with Crippen molar-refractivity contribution >= 4 is 27.8 Å². The maximum atomic E-state index is 13.3. The molecule has 2 atom stereocenters. The highest BCUT2D eigenvalue weighted by atomic mass is 79.9. The van der Waals surface area contributed by atoms with Crippen LogP contribution in [0.25, 0.3) is 0 Å². The second-order valence-electron chi connectivity index (χ2n) is 8.00. The van der Waals surface area contributed by atoms with Crippen molar-refractivity contribution < 1.29 is 27.4 Å². The maximum Gasteiger partial charge on any atom is 0.416 e. The smallest absolute Gasteiger partial charge is 0.416 e. The molecule has 0 N–H and O–H groups in total. The Hall–Kier alpha value is -2.33. The van der Waals surface area contributed by atoms with Crippen molar-refractivity contribution in [2.24, 2.45) is 0 Å². The van der Waals surface area contributed by atoms with Gasteiger partial charge in [0.05, 0.1) is 37.1 Å². The maximum absolute atomic E-state index is 13.3. The van der Waals surface area contributed by atoms with Crippen LogP contribution in [-0.2, 0) is 22.2 Å². The number of carbonyl (C=O) groups is 1. The molecule has 2 fully saturated rings. The molecule has 0 radical (unpaired) electrons. The summed E-state index contributed by atoms with van der Waals surface area (Å²) >= 11 is 3.49. The summed E-state index contributed by atoms with van der Waals surface area (Å²) in [7, 11) is 0. The fraction of sp³-hybridized carbons (Fsp3) is 0.455. The molecule has 10 heteroatoms. The fourth-order valence-electron chi connectivity index (χ4n) is 4.01. The summed E-state index contributed by atoms with van der Waals surface area (Å²) in [5.74, 6) is 0.789. The number of anilines is 1. The van der Waals surface area contributed by atoms with Crippen LogP contribution in [-0.4, -0.2) is 48.3 Å².